The van der Waals surface area contributed by atoms with E-state index in [4.69, 9.17) is 23.4 Å². The van der Waals surface area contributed by atoms with Crippen LogP contribution in [0, 0.1) is 22.7 Å². The summed E-state index contributed by atoms with van der Waals surface area (Å²) in [6.07, 6.45) is -5.80. The SMILES string of the molecule is C[C@@]12C[C@@H](c3ccoc3)OC(=O)[C@@H]1C[C@@H]1OC(=O)[C@@]3(O)[C@@H](O[C@@H]4O[C@H](CO)[C@@H](O)[C@H](O)[C@H]4O)CC[C@@H]2[C@@]13C. The van der Waals surface area contributed by atoms with Crippen LogP contribution in [-0.2, 0) is 28.5 Å². The topological polar surface area (TPSA) is 185 Å². The zero-order valence-corrected chi connectivity index (χ0v) is 21.1. The molecule has 38 heavy (non-hydrogen) atoms. The molecule has 0 amide bonds. The van der Waals surface area contributed by atoms with E-state index in [1.54, 1.807) is 19.3 Å². The molecule has 5 fully saturated rings. The van der Waals surface area contributed by atoms with Gasteiger partial charge in [0, 0.05) is 5.56 Å². The monoisotopic (exact) mass is 538 g/mol. The number of aliphatic hydroxyl groups excluding tert-OH is 4. The van der Waals surface area contributed by atoms with Gasteiger partial charge in [-0.05, 0) is 43.1 Å². The molecule has 12 heteroatoms. The number of cyclic esters (lactones) is 1. The number of esters is 2. The first-order chi connectivity index (χ1) is 18.0. The normalized spacial score (nSPS) is 52.1. The van der Waals surface area contributed by atoms with Crippen LogP contribution >= 0.6 is 0 Å². The smallest absolute Gasteiger partial charge is 0.341 e. The molecule has 0 unspecified atom stereocenters. The van der Waals surface area contributed by atoms with Crippen molar-refractivity contribution in [3.05, 3.63) is 24.2 Å². The lowest BCUT2D eigenvalue weighted by Gasteiger charge is -2.63. The second-order valence-electron chi connectivity index (χ2n) is 11.9. The number of rotatable bonds is 4. The third kappa shape index (κ3) is 3.28. The van der Waals surface area contributed by atoms with Crippen molar-refractivity contribution in [1.29, 1.82) is 0 Å². The number of furan rings is 1. The quantitative estimate of drug-likeness (QED) is 0.246. The summed E-state index contributed by atoms with van der Waals surface area (Å²) in [6, 6.07) is 1.75. The van der Waals surface area contributed by atoms with Crippen molar-refractivity contribution in [2.45, 2.75) is 94.1 Å². The van der Waals surface area contributed by atoms with Crippen LogP contribution < -0.4 is 0 Å². The van der Waals surface area contributed by atoms with Crippen molar-refractivity contribution >= 4 is 11.9 Å². The predicted octanol–water partition coefficient (Wildman–Crippen LogP) is -0.448. The van der Waals surface area contributed by atoms with Crippen LogP contribution in [0.15, 0.2) is 23.0 Å². The molecule has 12 nitrogen and oxygen atoms in total. The van der Waals surface area contributed by atoms with Crippen LogP contribution in [0.5, 0.6) is 0 Å². The van der Waals surface area contributed by atoms with Gasteiger partial charge < -0.3 is 48.9 Å². The molecule has 2 aliphatic carbocycles. The molecule has 4 heterocycles. The molecule has 6 rings (SSSR count). The predicted molar refractivity (Wildman–Crippen MR) is 123 cm³/mol. The van der Waals surface area contributed by atoms with E-state index in [1.165, 1.54) is 6.26 Å². The molecule has 5 N–H and O–H groups in total. The lowest BCUT2D eigenvalue weighted by Crippen LogP contribution is -2.71. The van der Waals surface area contributed by atoms with E-state index in [0.29, 0.717) is 12.8 Å². The van der Waals surface area contributed by atoms with E-state index < -0.39 is 83.9 Å². The molecule has 2 saturated carbocycles. The fourth-order valence-electron chi connectivity index (χ4n) is 8.10. The fourth-order valence-corrected chi connectivity index (χ4v) is 8.10. The van der Waals surface area contributed by atoms with E-state index in [-0.39, 0.29) is 24.7 Å². The summed E-state index contributed by atoms with van der Waals surface area (Å²) in [4.78, 5) is 26.6. The first-order valence-corrected chi connectivity index (χ1v) is 13.1. The molecule has 210 valence electrons. The maximum absolute atomic E-state index is 13.4. The highest BCUT2D eigenvalue weighted by Gasteiger charge is 2.79. The molecule has 1 aromatic rings. The van der Waals surface area contributed by atoms with Crippen molar-refractivity contribution in [3.8, 4) is 0 Å². The van der Waals surface area contributed by atoms with Gasteiger partial charge in [0.25, 0.3) is 0 Å². The van der Waals surface area contributed by atoms with Gasteiger partial charge in [-0.3, -0.25) is 4.79 Å². The molecule has 0 radical (unpaired) electrons. The molecule has 0 bridgehead atoms. The number of hydrogen-bond acceptors (Lipinski definition) is 12. The number of hydrogen-bond donors (Lipinski definition) is 5. The van der Waals surface area contributed by atoms with Crippen LogP contribution in [-0.4, -0.2) is 92.6 Å². The average Bonchev–Trinajstić information content (AvgIpc) is 3.48. The summed E-state index contributed by atoms with van der Waals surface area (Å²) >= 11 is 0. The number of carbonyl (C=O) groups is 2. The first kappa shape index (κ1) is 26.2. The van der Waals surface area contributed by atoms with Crippen LogP contribution in [0.4, 0.5) is 0 Å². The van der Waals surface area contributed by atoms with Gasteiger partial charge in [-0.2, -0.15) is 0 Å². The molecule has 5 aliphatic rings. The van der Waals surface area contributed by atoms with Crippen LogP contribution in [0.25, 0.3) is 0 Å². The summed E-state index contributed by atoms with van der Waals surface area (Å²) in [6.45, 7) is 3.14. The Morgan fingerprint density at radius 2 is 1.84 bits per heavy atom. The molecular weight excluding hydrogens is 504 g/mol. The van der Waals surface area contributed by atoms with Gasteiger partial charge in [0.05, 0.1) is 30.5 Å². The van der Waals surface area contributed by atoms with Gasteiger partial charge >= 0.3 is 11.9 Å². The summed E-state index contributed by atoms with van der Waals surface area (Å²) in [5, 5.41) is 52.5. The lowest BCUT2D eigenvalue weighted by molar-refractivity contribution is -0.336. The third-order valence-electron chi connectivity index (χ3n) is 10.2. The van der Waals surface area contributed by atoms with Crippen molar-refractivity contribution in [2.24, 2.45) is 22.7 Å². The Hall–Kier alpha value is -2.06. The summed E-state index contributed by atoms with van der Waals surface area (Å²) in [5.41, 5.74) is -3.19. The highest BCUT2D eigenvalue weighted by Crippen LogP contribution is 2.69. The molecular formula is C26H34O12. The standard InChI is InChI=1S/C26H34O12/c1-24-8-13(11-5-6-34-10-11)35-21(31)12(24)7-17-25(2)15(24)3-4-16(26(25,33)23(32)38-17)37-22-20(30)19(29)18(28)14(9-27)36-22/h5-6,10,12-20,22,27-30,33H,3-4,7-9H2,1-2H3/t12-,13-,14+,15-,16-,17-,18+,19-,20+,22-,24+,25-,26-/m0/s1. The van der Waals surface area contributed by atoms with Gasteiger partial charge in [0.15, 0.2) is 11.9 Å². The minimum atomic E-state index is -2.14. The number of ether oxygens (including phenoxy) is 4. The molecule has 0 aromatic carbocycles. The molecule has 3 aliphatic heterocycles. The average molecular weight is 539 g/mol. The van der Waals surface area contributed by atoms with Gasteiger partial charge in [0.2, 0.25) is 0 Å². The molecule has 0 spiro atoms. The maximum Gasteiger partial charge on any atom is 0.341 e. The van der Waals surface area contributed by atoms with Crippen LogP contribution in [0.3, 0.4) is 0 Å². The van der Waals surface area contributed by atoms with E-state index in [9.17, 15) is 35.1 Å². The fraction of sp³-hybridized carbons (Fsp3) is 0.769. The van der Waals surface area contributed by atoms with E-state index in [0.717, 1.165) is 5.56 Å². The third-order valence-corrected chi connectivity index (χ3v) is 10.2. The largest absolute Gasteiger partial charge is 0.472 e. The second kappa shape index (κ2) is 8.72. The van der Waals surface area contributed by atoms with Crippen LogP contribution in [0.1, 0.15) is 51.2 Å². The minimum absolute atomic E-state index is 0.168. The van der Waals surface area contributed by atoms with Crippen LogP contribution in [0.2, 0.25) is 0 Å². The second-order valence-corrected chi connectivity index (χ2v) is 11.9. The Morgan fingerprint density at radius 1 is 1.08 bits per heavy atom. The highest BCUT2D eigenvalue weighted by molar-refractivity contribution is 5.85. The Labute approximate surface area is 218 Å². The Kier molecular flexibility index (Phi) is 6.01. The lowest BCUT2D eigenvalue weighted by atomic mass is 9.42. The van der Waals surface area contributed by atoms with Crippen molar-refractivity contribution in [2.75, 3.05) is 6.61 Å². The van der Waals surface area contributed by atoms with Crippen molar-refractivity contribution < 1.29 is 58.5 Å². The molecule has 1 aromatic heterocycles. The summed E-state index contributed by atoms with van der Waals surface area (Å²) in [7, 11) is 0. The highest BCUT2D eigenvalue weighted by atomic mass is 16.7. The Balaban J connectivity index is 1.33. The van der Waals surface area contributed by atoms with E-state index in [1.807, 2.05) is 6.92 Å². The summed E-state index contributed by atoms with van der Waals surface area (Å²) in [5.74, 6) is -2.12. The number of aliphatic hydroxyl groups is 5. The first-order valence-electron chi connectivity index (χ1n) is 13.1. The maximum atomic E-state index is 13.4. The van der Waals surface area contributed by atoms with E-state index >= 15 is 0 Å². The molecule has 3 saturated heterocycles. The number of carbonyl (C=O) groups excluding carboxylic acids is 2. The zero-order chi connectivity index (χ0) is 27.2. The van der Waals surface area contributed by atoms with Crippen molar-refractivity contribution in [3.63, 3.8) is 0 Å². The van der Waals surface area contributed by atoms with Gasteiger partial charge in [-0.15, -0.1) is 0 Å². The van der Waals surface area contributed by atoms with Gasteiger partial charge in [-0.25, -0.2) is 4.79 Å². The molecule has 13 atom stereocenters. The van der Waals surface area contributed by atoms with Gasteiger partial charge in [0.1, 0.15) is 42.7 Å². The summed E-state index contributed by atoms with van der Waals surface area (Å²) < 4.78 is 28.2. The zero-order valence-electron chi connectivity index (χ0n) is 21.1. The Morgan fingerprint density at radius 3 is 2.53 bits per heavy atom. The Bertz CT molecular complexity index is 1090. The van der Waals surface area contributed by atoms with E-state index in [2.05, 4.69) is 0 Å². The van der Waals surface area contributed by atoms with Crippen molar-refractivity contribution in [1.82, 2.24) is 0 Å². The minimum Gasteiger partial charge on any atom is -0.472 e. The van der Waals surface area contributed by atoms with Gasteiger partial charge in [-0.1, -0.05) is 13.8 Å². The number of fused-ring (bicyclic) bond motifs is 2.